The third-order valence-electron chi connectivity index (χ3n) is 5.34. The van der Waals surface area contributed by atoms with E-state index in [-0.39, 0.29) is 18.4 Å². The summed E-state index contributed by atoms with van der Waals surface area (Å²) in [7, 11) is 1.65. The lowest BCUT2D eigenvalue weighted by atomic mass is 9.86. The molecule has 0 N–H and O–H groups in total. The van der Waals surface area contributed by atoms with E-state index in [9.17, 15) is 9.18 Å². The van der Waals surface area contributed by atoms with E-state index >= 15 is 0 Å². The summed E-state index contributed by atoms with van der Waals surface area (Å²) in [6, 6.07) is 12.5. The lowest BCUT2D eigenvalue weighted by molar-refractivity contribution is -0.140. The van der Waals surface area contributed by atoms with Crippen molar-refractivity contribution < 1.29 is 28.1 Å². The molecule has 1 aliphatic rings. The van der Waals surface area contributed by atoms with Crippen molar-refractivity contribution >= 4 is 16.9 Å². The predicted molar refractivity (Wildman–Crippen MR) is 121 cm³/mol. The first-order chi connectivity index (χ1) is 16.0. The van der Waals surface area contributed by atoms with Gasteiger partial charge in [0.05, 0.1) is 17.7 Å². The van der Waals surface area contributed by atoms with E-state index in [0.29, 0.717) is 44.2 Å². The molecule has 3 aromatic rings. The Kier molecular flexibility index (Phi) is 8.68. The zero-order valence-electron chi connectivity index (χ0n) is 19.2. The van der Waals surface area contributed by atoms with Gasteiger partial charge in [-0.05, 0) is 30.7 Å². The number of hydrogen-bond donors (Lipinski definition) is 0. The molecule has 8 heteroatoms. The molecule has 1 fully saturated rings. The van der Waals surface area contributed by atoms with Crippen molar-refractivity contribution in [3.63, 3.8) is 0 Å². The molecule has 1 aliphatic heterocycles. The molecule has 176 valence electrons. The van der Waals surface area contributed by atoms with Gasteiger partial charge >= 0.3 is 5.97 Å². The number of rotatable bonds is 6. The maximum atomic E-state index is 14.2. The Bertz CT molecular complexity index is 1070. The molecule has 1 aromatic heterocycles. The average molecular weight is 457 g/mol. The van der Waals surface area contributed by atoms with Crippen LogP contribution in [0, 0.1) is 5.82 Å². The van der Waals surface area contributed by atoms with Crippen LogP contribution in [0.4, 0.5) is 4.39 Å². The summed E-state index contributed by atoms with van der Waals surface area (Å²) < 4.78 is 35.6. The van der Waals surface area contributed by atoms with Crippen molar-refractivity contribution in [3.05, 3.63) is 65.9 Å². The maximum absolute atomic E-state index is 14.2. The molecule has 0 aliphatic carbocycles. The van der Waals surface area contributed by atoms with Crippen LogP contribution in [0.3, 0.4) is 0 Å². The van der Waals surface area contributed by atoms with Crippen LogP contribution in [0.5, 0.6) is 5.75 Å². The summed E-state index contributed by atoms with van der Waals surface area (Å²) in [4.78, 5) is 18.6. The van der Waals surface area contributed by atoms with Crippen molar-refractivity contribution in [3.8, 4) is 5.75 Å². The second kappa shape index (κ2) is 11.7. The number of carbonyl (C=O) groups excluding carboxylic acids is 1. The molecular weight excluding hydrogens is 427 g/mol. The summed E-state index contributed by atoms with van der Waals surface area (Å²) in [6.07, 6.45) is 3.13. The Morgan fingerprint density at radius 3 is 2.61 bits per heavy atom. The lowest BCUT2D eigenvalue weighted by Gasteiger charge is -2.36. The standard InChI is InChI=1S/C21H21FN2O3.C4H8O2/c1-25-21(6-8-26-9-7-21)16-10-17(22)12-18(11-16)27-14-20-23-13-15-4-2-3-5-19(15)24-20;1-3-6-4(2)5/h2-5,10-13H,6-9,14H2,1H3;3H2,1-2H3. The fraction of sp³-hybridized carbons (Fsp3) is 0.400. The quantitative estimate of drug-likeness (QED) is 0.503. The van der Waals surface area contributed by atoms with Crippen LogP contribution in [0.15, 0.2) is 48.7 Å². The van der Waals surface area contributed by atoms with Gasteiger partial charge in [0.2, 0.25) is 0 Å². The average Bonchev–Trinajstić information content (AvgIpc) is 2.83. The predicted octanol–water partition coefficient (Wildman–Crippen LogP) is 4.57. The number of para-hydroxylation sites is 1. The van der Waals surface area contributed by atoms with Crippen LogP contribution < -0.4 is 4.74 Å². The number of carbonyl (C=O) groups is 1. The second-order valence-electron chi connectivity index (χ2n) is 7.54. The number of benzene rings is 2. The molecule has 0 spiro atoms. The lowest BCUT2D eigenvalue weighted by Crippen LogP contribution is -2.35. The smallest absolute Gasteiger partial charge is 0.302 e. The summed E-state index contributed by atoms with van der Waals surface area (Å²) >= 11 is 0. The Morgan fingerprint density at radius 2 is 1.94 bits per heavy atom. The monoisotopic (exact) mass is 456 g/mol. The first-order valence-corrected chi connectivity index (χ1v) is 10.9. The van der Waals surface area contributed by atoms with Gasteiger partial charge in [-0.15, -0.1) is 0 Å². The number of esters is 1. The van der Waals surface area contributed by atoms with Crippen molar-refractivity contribution in [1.82, 2.24) is 9.97 Å². The van der Waals surface area contributed by atoms with Crippen molar-refractivity contribution in [2.75, 3.05) is 26.9 Å². The highest BCUT2D eigenvalue weighted by atomic mass is 19.1. The molecular formula is C25H29FN2O5. The molecule has 2 aromatic carbocycles. The van der Waals surface area contributed by atoms with E-state index in [2.05, 4.69) is 14.7 Å². The molecule has 7 nitrogen and oxygen atoms in total. The molecule has 0 unspecified atom stereocenters. The summed E-state index contributed by atoms with van der Waals surface area (Å²) in [5.41, 5.74) is 1.08. The fourth-order valence-electron chi connectivity index (χ4n) is 3.65. The van der Waals surface area contributed by atoms with E-state index in [4.69, 9.17) is 14.2 Å². The van der Waals surface area contributed by atoms with Crippen molar-refractivity contribution in [2.45, 2.75) is 38.9 Å². The van der Waals surface area contributed by atoms with Gasteiger partial charge in [-0.1, -0.05) is 18.2 Å². The van der Waals surface area contributed by atoms with Crippen LogP contribution in [-0.4, -0.2) is 42.9 Å². The summed E-state index contributed by atoms with van der Waals surface area (Å²) in [6.45, 7) is 4.99. The fourth-order valence-corrected chi connectivity index (χ4v) is 3.65. The van der Waals surface area contributed by atoms with Gasteiger partial charge in [0.1, 0.15) is 18.2 Å². The van der Waals surface area contributed by atoms with Crippen LogP contribution in [0.2, 0.25) is 0 Å². The van der Waals surface area contributed by atoms with E-state index in [0.717, 1.165) is 16.5 Å². The SMILES string of the molecule is CCOC(C)=O.COC1(c2cc(F)cc(OCc3ncc4ccccc4n3)c2)CCOCC1. The number of hydrogen-bond acceptors (Lipinski definition) is 7. The van der Waals surface area contributed by atoms with Gasteiger partial charge in [0, 0.05) is 57.7 Å². The zero-order valence-corrected chi connectivity index (χ0v) is 19.2. The number of halogens is 1. The van der Waals surface area contributed by atoms with Gasteiger partial charge < -0.3 is 18.9 Å². The second-order valence-corrected chi connectivity index (χ2v) is 7.54. The van der Waals surface area contributed by atoms with Crippen molar-refractivity contribution in [1.29, 1.82) is 0 Å². The van der Waals surface area contributed by atoms with Crippen LogP contribution in [0.1, 0.15) is 38.1 Å². The highest BCUT2D eigenvalue weighted by Gasteiger charge is 2.35. The van der Waals surface area contributed by atoms with E-state index in [1.165, 1.54) is 19.1 Å². The minimum Gasteiger partial charge on any atom is -0.485 e. The van der Waals surface area contributed by atoms with Crippen LogP contribution in [0.25, 0.3) is 10.9 Å². The van der Waals surface area contributed by atoms with Gasteiger partial charge in [0.25, 0.3) is 0 Å². The number of fused-ring (bicyclic) bond motifs is 1. The van der Waals surface area contributed by atoms with Gasteiger partial charge in [-0.25, -0.2) is 14.4 Å². The van der Waals surface area contributed by atoms with E-state index in [1.54, 1.807) is 20.2 Å². The normalized spacial score (nSPS) is 14.8. The number of nitrogens with zero attached hydrogens (tertiary/aromatic N) is 2. The summed E-state index contributed by atoms with van der Waals surface area (Å²) in [5, 5.41) is 0.968. The van der Waals surface area contributed by atoms with Crippen LogP contribution >= 0.6 is 0 Å². The van der Waals surface area contributed by atoms with E-state index < -0.39 is 5.60 Å². The Morgan fingerprint density at radius 1 is 1.18 bits per heavy atom. The maximum Gasteiger partial charge on any atom is 0.302 e. The number of methoxy groups -OCH3 is 1. The first-order valence-electron chi connectivity index (χ1n) is 10.9. The van der Waals surface area contributed by atoms with Gasteiger partial charge in [0.15, 0.2) is 5.82 Å². The molecule has 0 bridgehead atoms. The highest BCUT2D eigenvalue weighted by molar-refractivity contribution is 5.77. The van der Waals surface area contributed by atoms with Crippen LogP contribution in [-0.2, 0) is 31.2 Å². The number of aromatic nitrogens is 2. The molecule has 1 saturated heterocycles. The Labute approximate surface area is 192 Å². The highest BCUT2D eigenvalue weighted by Crippen LogP contribution is 2.37. The Balaban J connectivity index is 0.000000454. The van der Waals surface area contributed by atoms with Gasteiger partial charge in [-0.2, -0.15) is 0 Å². The Hall–Kier alpha value is -3.10. The first kappa shape index (κ1) is 24.5. The molecule has 0 atom stereocenters. The third-order valence-corrected chi connectivity index (χ3v) is 5.34. The summed E-state index contributed by atoms with van der Waals surface area (Å²) in [5.74, 6) is 0.416. The van der Waals surface area contributed by atoms with Gasteiger partial charge in [-0.3, -0.25) is 4.79 Å². The molecule has 4 rings (SSSR count). The zero-order chi connectivity index (χ0) is 23.7. The molecule has 0 radical (unpaired) electrons. The van der Waals surface area contributed by atoms with E-state index in [1.807, 2.05) is 30.3 Å². The molecule has 0 saturated carbocycles. The molecule has 0 amide bonds. The minimum absolute atomic E-state index is 0.164. The molecule has 33 heavy (non-hydrogen) atoms. The minimum atomic E-state index is -0.544. The third kappa shape index (κ3) is 6.69. The molecule has 2 heterocycles. The number of ether oxygens (including phenoxy) is 4. The topological polar surface area (TPSA) is 79.8 Å². The largest absolute Gasteiger partial charge is 0.485 e. The van der Waals surface area contributed by atoms with Crippen molar-refractivity contribution in [2.24, 2.45) is 0 Å².